The highest BCUT2D eigenvalue weighted by Gasteiger charge is 2.22. The van der Waals surface area contributed by atoms with Crippen molar-refractivity contribution in [3.05, 3.63) is 51.5 Å². The summed E-state index contributed by atoms with van der Waals surface area (Å²) in [5.74, 6) is 0. The molecule has 0 radical (unpaired) electrons. The van der Waals surface area contributed by atoms with Crippen molar-refractivity contribution in [3.8, 4) is 10.6 Å². The predicted octanol–water partition coefficient (Wildman–Crippen LogP) is 4.52. The summed E-state index contributed by atoms with van der Waals surface area (Å²) >= 11 is 7.24. The van der Waals surface area contributed by atoms with Crippen LogP contribution < -0.4 is 4.72 Å². The Morgan fingerprint density at radius 2 is 1.83 bits per heavy atom. The van der Waals surface area contributed by atoms with Crippen molar-refractivity contribution in [1.82, 2.24) is 10.2 Å². The van der Waals surface area contributed by atoms with E-state index in [2.05, 4.69) is 14.9 Å². The average molecular weight is 382 g/mol. The standard InChI is InChI=1S/C16H16ClN3O2S2/c1-9-10(2)18-19-16(9)14-8-15(11(3)23-14)24(21,22)20-13-6-4-12(17)5-7-13/h4-8,20H,1-3H3,(H,18,19). The number of aromatic amines is 1. The summed E-state index contributed by atoms with van der Waals surface area (Å²) < 4.78 is 27.9. The first-order chi connectivity index (χ1) is 11.3. The number of aromatic nitrogens is 2. The Hall–Kier alpha value is -1.83. The highest BCUT2D eigenvalue weighted by atomic mass is 35.5. The number of aryl methyl sites for hydroxylation is 2. The maximum absolute atomic E-state index is 12.7. The number of rotatable bonds is 4. The number of nitrogens with zero attached hydrogens (tertiary/aromatic N) is 1. The lowest BCUT2D eigenvalue weighted by atomic mass is 10.2. The molecule has 0 aliphatic rings. The summed E-state index contributed by atoms with van der Waals surface area (Å²) in [7, 11) is -3.67. The second kappa shape index (κ2) is 6.23. The van der Waals surface area contributed by atoms with Crippen LogP contribution in [0.3, 0.4) is 0 Å². The molecule has 2 aromatic heterocycles. The van der Waals surface area contributed by atoms with Gasteiger partial charge in [0.2, 0.25) is 0 Å². The Balaban J connectivity index is 1.97. The number of sulfonamides is 1. The maximum atomic E-state index is 12.7. The van der Waals surface area contributed by atoms with E-state index in [1.54, 1.807) is 37.3 Å². The number of hydrogen-bond donors (Lipinski definition) is 2. The first-order valence-corrected chi connectivity index (χ1v) is 9.86. The fourth-order valence-corrected chi connectivity index (χ4v) is 5.13. The van der Waals surface area contributed by atoms with E-state index in [0.29, 0.717) is 15.6 Å². The van der Waals surface area contributed by atoms with Crippen molar-refractivity contribution in [1.29, 1.82) is 0 Å². The van der Waals surface area contributed by atoms with Gasteiger partial charge in [0.05, 0.1) is 4.88 Å². The number of hydrogen-bond acceptors (Lipinski definition) is 4. The first-order valence-electron chi connectivity index (χ1n) is 7.18. The van der Waals surface area contributed by atoms with Crippen LogP contribution in [0.5, 0.6) is 0 Å². The molecule has 8 heteroatoms. The van der Waals surface area contributed by atoms with E-state index in [1.165, 1.54) is 11.3 Å². The Morgan fingerprint density at radius 3 is 2.42 bits per heavy atom. The van der Waals surface area contributed by atoms with Crippen LogP contribution in [0.25, 0.3) is 10.6 Å². The lowest BCUT2D eigenvalue weighted by Crippen LogP contribution is -2.12. The molecule has 3 rings (SSSR count). The van der Waals surface area contributed by atoms with Crippen molar-refractivity contribution in [2.45, 2.75) is 25.7 Å². The molecule has 0 spiro atoms. The number of H-pyrrole nitrogens is 1. The summed E-state index contributed by atoms with van der Waals surface area (Å²) in [6, 6.07) is 8.21. The van der Waals surface area contributed by atoms with Gasteiger partial charge in [-0.3, -0.25) is 9.82 Å². The van der Waals surface area contributed by atoms with Crippen LogP contribution in [0.4, 0.5) is 5.69 Å². The molecule has 0 aliphatic carbocycles. The van der Waals surface area contributed by atoms with Gasteiger partial charge in [0, 0.05) is 21.3 Å². The largest absolute Gasteiger partial charge is 0.282 e. The second-order valence-electron chi connectivity index (χ2n) is 5.47. The Bertz CT molecular complexity index is 989. The van der Waals surface area contributed by atoms with E-state index >= 15 is 0 Å². The van der Waals surface area contributed by atoms with E-state index in [9.17, 15) is 8.42 Å². The third kappa shape index (κ3) is 3.19. The lowest BCUT2D eigenvalue weighted by molar-refractivity contribution is 0.601. The number of anilines is 1. The monoisotopic (exact) mass is 381 g/mol. The number of benzene rings is 1. The number of thiophene rings is 1. The molecule has 2 N–H and O–H groups in total. The number of nitrogens with one attached hydrogen (secondary N) is 2. The molecule has 0 saturated heterocycles. The molecule has 0 aliphatic heterocycles. The van der Waals surface area contributed by atoms with E-state index in [0.717, 1.165) is 21.8 Å². The van der Waals surface area contributed by atoms with Crippen LogP contribution >= 0.6 is 22.9 Å². The molecule has 3 aromatic rings. The van der Waals surface area contributed by atoms with Crippen LogP contribution in [-0.4, -0.2) is 18.6 Å². The summed E-state index contributed by atoms with van der Waals surface area (Å²) in [4.78, 5) is 1.80. The molecule has 0 unspecified atom stereocenters. The van der Waals surface area contributed by atoms with Gasteiger partial charge in [-0.25, -0.2) is 8.42 Å². The van der Waals surface area contributed by atoms with E-state index in [1.807, 2.05) is 13.8 Å². The molecule has 0 amide bonds. The smallest absolute Gasteiger partial charge is 0.263 e. The van der Waals surface area contributed by atoms with Crippen LogP contribution in [0, 0.1) is 20.8 Å². The molecular weight excluding hydrogens is 366 g/mol. The molecule has 2 heterocycles. The quantitative estimate of drug-likeness (QED) is 0.697. The van der Waals surface area contributed by atoms with Gasteiger partial charge in [-0.1, -0.05) is 11.6 Å². The zero-order valence-electron chi connectivity index (χ0n) is 13.3. The van der Waals surface area contributed by atoms with Gasteiger partial charge in [-0.15, -0.1) is 11.3 Å². The summed E-state index contributed by atoms with van der Waals surface area (Å²) in [5.41, 5.74) is 3.25. The zero-order chi connectivity index (χ0) is 17.5. The summed E-state index contributed by atoms with van der Waals surface area (Å²) in [6.45, 7) is 5.69. The SMILES string of the molecule is Cc1[nH]nc(-c2cc(S(=O)(=O)Nc3ccc(Cl)cc3)c(C)s2)c1C. The fourth-order valence-electron chi connectivity index (χ4n) is 2.30. The van der Waals surface area contributed by atoms with Crippen molar-refractivity contribution in [2.24, 2.45) is 0 Å². The molecular formula is C16H16ClN3O2S2. The Morgan fingerprint density at radius 1 is 1.17 bits per heavy atom. The average Bonchev–Trinajstić information content (AvgIpc) is 3.06. The van der Waals surface area contributed by atoms with Crippen LogP contribution in [0.1, 0.15) is 16.1 Å². The molecule has 1 aromatic carbocycles. The van der Waals surface area contributed by atoms with Gasteiger partial charge in [0.15, 0.2) is 0 Å². The minimum Gasteiger partial charge on any atom is -0.282 e. The van der Waals surface area contributed by atoms with Gasteiger partial charge < -0.3 is 0 Å². The van der Waals surface area contributed by atoms with Crippen molar-refractivity contribution >= 4 is 38.6 Å². The Labute approximate surface area is 149 Å². The van der Waals surface area contributed by atoms with Crippen LogP contribution in [-0.2, 0) is 10.0 Å². The summed E-state index contributed by atoms with van der Waals surface area (Å²) in [5, 5.41) is 7.75. The van der Waals surface area contributed by atoms with Crippen molar-refractivity contribution in [3.63, 3.8) is 0 Å². The molecule has 0 saturated carbocycles. The minimum absolute atomic E-state index is 0.262. The highest BCUT2D eigenvalue weighted by molar-refractivity contribution is 7.93. The molecule has 24 heavy (non-hydrogen) atoms. The molecule has 0 atom stereocenters. The minimum atomic E-state index is -3.67. The van der Waals surface area contributed by atoms with Gasteiger partial charge in [-0.2, -0.15) is 5.10 Å². The van der Waals surface area contributed by atoms with Crippen LogP contribution in [0.2, 0.25) is 5.02 Å². The topological polar surface area (TPSA) is 74.8 Å². The molecule has 0 fully saturated rings. The fraction of sp³-hybridized carbons (Fsp3) is 0.188. The molecule has 126 valence electrons. The molecule has 5 nitrogen and oxygen atoms in total. The zero-order valence-corrected chi connectivity index (χ0v) is 15.7. The van der Waals surface area contributed by atoms with Gasteiger partial charge in [-0.05, 0) is 56.7 Å². The van der Waals surface area contributed by atoms with Crippen LogP contribution in [0.15, 0.2) is 35.2 Å². The second-order valence-corrected chi connectivity index (χ2v) is 8.81. The molecule has 0 bridgehead atoms. The predicted molar refractivity (Wildman–Crippen MR) is 98.4 cm³/mol. The third-order valence-electron chi connectivity index (χ3n) is 3.74. The van der Waals surface area contributed by atoms with Crippen molar-refractivity contribution < 1.29 is 8.42 Å². The van der Waals surface area contributed by atoms with Gasteiger partial charge >= 0.3 is 0 Å². The first kappa shape index (κ1) is 17.0. The van der Waals surface area contributed by atoms with E-state index < -0.39 is 10.0 Å². The highest BCUT2D eigenvalue weighted by Crippen LogP contribution is 2.35. The maximum Gasteiger partial charge on any atom is 0.263 e. The Kier molecular flexibility index (Phi) is 4.42. The van der Waals surface area contributed by atoms with E-state index in [4.69, 9.17) is 11.6 Å². The normalized spacial score (nSPS) is 11.7. The summed E-state index contributed by atoms with van der Waals surface area (Å²) in [6.07, 6.45) is 0. The van der Waals surface area contributed by atoms with Crippen molar-refractivity contribution in [2.75, 3.05) is 4.72 Å². The lowest BCUT2D eigenvalue weighted by Gasteiger charge is -2.07. The third-order valence-corrected chi connectivity index (χ3v) is 6.69. The van der Waals surface area contributed by atoms with Gasteiger partial charge in [0.25, 0.3) is 10.0 Å². The van der Waals surface area contributed by atoms with Gasteiger partial charge in [0.1, 0.15) is 10.6 Å². The number of halogens is 1. The van der Waals surface area contributed by atoms with E-state index in [-0.39, 0.29) is 4.90 Å².